The lowest BCUT2D eigenvalue weighted by Gasteiger charge is -2.26. The van der Waals surface area contributed by atoms with E-state index in [1.165, 1.54) is 6.92 Å². The molecular formula is C16H28N2O6. The molecule has 2 amide bonds. The highest BCUT2D eigenvalue weighted by atomic mass is 16.6. The third-order valence-electron chi connectivity index (χ3n) is 3.59. The molecule has 1 rings (SSSR count). The Bertz CT molecular complexity index is 472. The van der Waals surface area contributed by atoms with Crippen LogP contribution in [0.4, 0.5) is 0 Å². The quantitative estimate of drug-likeness (QED) is 0.614. The molecule has 1 aliphatic heterocycles. The van der Waals surface area contributed by atoms with Gasteiger partial charge in [0.2, 0.25) is 11.8 Å². The fourth-order valence-corrected chi connectivity index (χ4v) is 2.38. The molecule has 0 spiro atoms. The van der Waals surface area contributed by atoms with Crippen LogP contribution in [-0.4, -0.2) is 72.3 Å². The van der Waals surface area contributed by atoms with Gasteiger partial charge in [0.1, 0.15) is 5.60 Å². The lowest BCUT2D eigenvalue weighted by Crippen LogP contribution is -2.51. The van der Waals surface area contributed by atoms with E-state index in [-0.39, 0.29) is 18.9 Å². The molecule has 1 fully saturated rings. The average molecular weight is 344 g/mol. The van der Waals surface area contributed by atoms with E-state index in [0.717, 1.165) is 0 Å². The smallest absolute Gasteiger partial charge is 0.331 e. The topological polar surface area (TPSA) is 105 Å². The van der Waals surface area contributed by atoms with Gasteiger partial charge in [0.25, 0.3) is 0 Å². The van der Waals surface area contributed by atoms with Gasteiger partial charge in [-0.1, -0.05) is 0 Å². The summed E-state index contributed by atoms with van der Waals surface area (Å²) in [6.45, 7) is 7.60. The third-order valence-corrected chi connectivity index (χ3v) is 3.59. The predicted octanol–water partition coefficient (Wildman–Crippen LogP) is -0.311. The highest BCUT2D eigenvalue weighted by Crippen LogP contribution is 2.18. The molecule has 138 valence electrons. The highest BCUT2D eigenvalue weighted by Gasteiger charge is 2.37. The fraction of sp³-hybridized carbons (Fsp3) is 0.812. The first-order chi connectivity index (χ1) is 11.0. The number of amides is 2. The standard InChI is InChI=1S/C16H28N2O6/c1-10(19)13(15(22)24-16(2,3)4)17-14(21)11-8-12(20)18(9-11)6-7-23-5/h10-11,13,19H,6-9H2,1-5H3,(H,17,21)/t10-,11?,13-/m0/s1. The number of ether oxygens (including phenoxy) is 2. The first-order valence-corrected chi connectivity index (χ1v) is 8.03. The molecule has 2 N–H and O–H groups in total. The van der Waals surface area contributed by atoms with Crippen molar-refractivity contribution in [2.75, 3.05) is 26.8 Å². The molecule has 1 heterocycles. The largest absolute Gasteiger partial charge is 0.458 e. The van der Waals surface area contributed by atoms with Gasteiger partial charge in [-0.2, -0.15) is 0 Å². The highest BCUT2D eigenvalue weighted by molar-refractivity contribution is 5.91. The molecule has 24 heavy (non-hydrogen) atoms. The van der Waals surface area contributed by atoms with Crippen LogP contribution in [0, 0.1) is 5.92 Å². The first kappa shape index (κ1) is 20.4. The average Bonchev–Trinajstić information content (AvgIpc) is 2.81. The Kier molecular flexibility index (Phi) is 7.16. The lowest BCUT2D eigenvalue weighted by molar-refractivity contribution is -0.161. The monoisotopic (exact) mass is 344 g/mol. The summed E-state index contributed by atoms with van der Waals surface area (Å²) in [5.74, 6) is -1.83. The van der Waals surface area contributed by atoms with Crippen molar-refractivity contribution in [3.63, 3.8) is 0 Å². The number of likely N-dealkylation sites (tertiary alicyclic amines) is 1. The van der Waals surface area contributed by atoms with Crippen LogP contribution in [-0.2, 0) is 23.9 Å². The van der Waals surface area contributed by atoms with Gasteiger partial charge in [0.05, 0.1) is 18.6 Å². The first-order valence-electron chi connectivity index (χ1n) is 8.03. The molecule has 0 bridgehead atoms. The van der Waals surface area contributed by atoms with E-state index < -0.39 is 35.5 Å². The van der Waals surface area contributed by atoms with Crippen molar-refractivity contribution < 1.29 is 29.0 Å². The number of carbonyl (C=O) groups excluding carboxylic acids is 3. The van der Waals surface area contributed by atoms with Crippen molar-refractivity contribution in [2.24, 2.45) is 5.92 Å². The van der Waals surface area contributed by atoms with Crippen LogP contribution in [0.3, 0.4) is 0 Å². The Morgan fingerprint density at radius 3 is 2.54 bits per heavy atom. The Hall–Kier alpha value is -1.67. The second kappa shape index (κ2) is 8.43. The van der Waals surface area contributed by atoms with E-state index in [0.29, 0.717) is 13.2 Å². The van der Waals surface area contributed by atoms with Gasteiger partial charge in [0, 0.05) is 26.6 Å². The molecule has 0 aromatic rings. The summed E-state index contributed by atoms with van der Waals surface area (Å²) >= 11 is 0. The summed E-state index contributed by atoms with van der Waals surface area (Å²) in [6.07, 6.45) is -1.03. The molecule has 1 unspecified atom stereocenters. The molecule has 8 heteroatoms. The van der Waals surface area contributed by atoms with E-state index in [4.69, 9.17) is 9.47 Å². The van der Waals surface area contributed by atoms with E-state index in [1.807, 2.05) is 0 Å². The maximum atomic E-state index is 12.4. The number of hydrogen-bond acceptors (Lipinski definition) is 6. The Morgan fingerprint density at radius 1 is 1.42 bits per heavy atom. The van der Waals surface area contributed by atoms with E-state index in [2.05, 4.69) is 5.32 Å². The number of methoxy groups -OCH3 is 1. The van der Waals surface area contributed by atoms with Gasteiger partial charge in [-0.25, -0.2) is 4.79 Å². The second-order valence-electron chi connectivity index (χ2n) is 6.99. The number of nitrogens with zero attached hydrogens (tertiary/aromatic N) is 1. The molecular weight excluding hydrogens is 316 g/mol. The molecule has 8 nitrogen and oxygen atoms in total. The van der Waals surface area contributed by atoms with Gasteiger partial charge in [-0.05, 0) is 27.7 Å². The SMILES string of the molecule is COCCN1CC(C(=O)N[C@H](C(=O)OC(C)(C)C)[C@H](C)O)CC1=O. The molecule has 0 aromatic carbocycles. The second-order valence-corrected chi connectivity index (χ2v) is 6.99. The number of rotatable bonds is 7. The van der Waals surface area contributed by atoms with Crippen LogP contribution in [0.15, 0.2) is 0 Å². The van der Waals surface area contributed by atoms with Crippen molar-refractivity contribution >= 4 is 17.8 Å². The van der Waals surface area contributed by atoms with E-state index >= 15 is 0 Å². The van der Waals surface area contributed by atoms with Gasteiger partial charge in [-0.3, -0.25) is 9.59 Å². The van der Waals surface area contributed by atoms with Gasteiger partial charge in [-0.15, -0.1) is 0 Å². The van der Waals surface area contributed by atoms with Crippen LogP contribution in [0.1, 0.15) is 34.1 Å². The van der Waals surface area contributed by atoms with Gasteiger partial charge in [0.15, 0.2) is 6.04 Å². The predicted molar refractivity (Wildman–Crippen MR) is 86.0 cm³/mol. The number of aliphatic hydroxyl groups is 1. The Balaban J connectivity index is 2.66. The molecule has 0 aliphatic carbocycles. The number of esters is 1. The van der Waals surface area contributed by atoms with Gasteiger partial charge >= 0.3 is 5.97 Å². The van der Waals surface area contributed by atoms with Crippen molar-refractivity contribution in [3.05, 3.63) is 0 Å². The summed E-state index contributed by atoms with van der Waals surface area (Å²) in [5, 5.41) is 12.3. The summed E-state index contributed by atoms with van der Waals surface area (Å²) in [6, 6.07) is -1.17. The zero-order chi connectivity index (χ0) is 18.5. The van der Waals surface area contributed by atoms with Crippen LogP contribution < -0.4 is 5.32 Å². The van der Waals surface area contributed by atoms with E-state index in [1.54, 1.807) is 32.8 Å². The Morgan fingerprint density at radius 2 is 2.04 bits per heavy atom. The normalized spacial score (nSPS) is 20.7. The zero-order valence-corrected chi connectivity index (χ0v) is 15.0. The lowest BCUT2D eigenvalue weighted by atomic mass is 10.1. The number of carbonyl (C=O) groups is 3. The summed E-state index contributed by atoms with van der Waals surface area (Å²) in [4.78, 5) is 37.9. The van der Waals surface area contributed by atoms with Crippen LogP contribution >= 0.6 is 0 Å². The minimum Gasteiger partial charge on any atom is -0.458 e. The molecule has 3 atom stereocenters. The zero-order valence-electron chi connectivity index (χ0n) is 15.0. The summed E-state index contributed by atoms with van der Waals surface area (Å²) in [7, 11) is 1.54. The van der Waals surface area contributed by atoms with Crippen LogP contribution in [0.5, 0.6) is 0 Å². The number of hydrogen-bond donors (Lipinski definition) is 2. The number of aliphatic hydroxyl groups excluding tert-OH is 1. The molecule has 1 saturated heterocycles. The minimum atomic E-state index is -1.17. The molecule has 0 aromatic heterocycles. The summed E-state index contributed by atoms with van der Waals surface area (Å²) in [5.41, 5.74) is -0.727. The van der Waals surface area contributed by atoms with Crippen molar-refractivity contribution in [3.8, 4) is 0 Å². The van der Waals surface area contributed by atoms with Crippen molar-refractivity contribution in [2.45, 2.75) is 51.9 Å². The van der Waals surface area contributed by atoms with E-state index in [9.17, 15) is 19.5 Å². The Labute approximate surface area is 142 Å². The number of nitrogens with one attached hydrogen (secondary N) is 1. The maximum Gasteiger partial charge on any atom is 0.331 e. The maximum absolute atomic E-state index is 12.4. The van der Waals surface area contributed by atoms with Crippen molar-refractivity contribution in [1.82, 2.24) is 10.2 Å². The summed E-state index contributed by atoms with van der Waals surface area (Å²) < 4.78 is 10.1. The van der Waals surface area contributed by atoms with Crippen LogP contribution in [0.2, 0.25) is 0 Å². The molecule has 1 aliphatic rings. The minimum absolute atomic E-state index is 0.0798. The molecule has 0 radical (unpaired) electrons. The third kappa shape index (κ3) is 6.09. The molecule has 0 saturated carbocycles. The van der Waals surface area contributed by atoms with Crippen LogP contribution in [0.25, 0.3) is 0 Å². The fourth-order valence-electron chi connectivity index (χ4n) is 2.38. The van der Waals surface area contributed by atoms with Gasteiger partial charge < -0.3 is 24.8 Å². The van der Waals surface area contributed by atoms with Crippen molar-refractivity contribution in [1.29, 1.82) is 0 Å².